The third-order valence-electron chi connectivity index (χ3n) is 11.0. The molecule has 268 valence electrons. The number of hydrogen-bond donors (Lipinski definition) is 2. The topological polar surface area (TPSA) is 125 Å². The van der Waals surface area contributed by atoms with Gasteiger partial charge in [0.15, 0.2) is 0 Å². The average Bonchev–Trinajstić information content (AvgIpc) is 3.76. The second kappa shape index (κ2) is 16.9. The van der Waals surface area contributed by atoms with Crippen LogP contribution in [0.4, 0.5) is 0 Å². The number of hydrogen-bond acceptors (Lipinski definition) is 7. The number of fused-ring (bicyclic) bond motifs is 1. The molecular formula is C39H55N3O7. The van der Waals surface area contributed by atoms with Crippen molar-refractivity contribution >= 4 is 23.7 Å². The summed E-state index contributed by atoms with van der Waals surface area (Å²) in [6.07, 6.45) is 12.1. The molecule has 2 bridgehead atoms. The summed E-state index contributed by atoms with van der Waals surface area (Å²) in [5, 5.41) is 12.2. The summed E-state index contributed by atoms with van der Waals surface area (Å²) in [6, 6.07) is 8.00. The molecule has 0 radical (unpaired) electrons. The highest BCUT2D eigenvalue weighted by Gasteiger charge is 2.75. The van der Waals surface area contributed by atoms with Crippen molar-refractivity contribution in [2.24, 2.45) is 11.8 Å². The minimum Gasteiger partial charge on any atom is -0.455 e. The summed E-state index contributed by atoms with van der Waals surface area (Å²) in [6.45, 7) is 10.3. The van der Waals surface area contributed by atoms with E-state index in [2.05, 4.69) is 18.5 Å². The standard InChI is InChI=1S/C39H55N3O7/c1-4-6-21-31(44)40-27(3)34(28-17-11-9-12-18-28)48-38(47)32-30-22-23-39(49-30)33(32)36(45)42(25-15-7-8-16-26-43)35(39)37(46)41(24-5-2)29-19-13-10-14-20-29/h4-5,9,11-12,17-18,27,29-30,32-35,43H,1-2,6-8,10,13-16,19-26H2,3H3,(H,40,44)/t27-,30-,32+,33+,34-,35-,39+/m1/s1. The number of ether oxygens (including phenoxy) is 2. The number of nitrogens with one attached hydrogen (secondary N) is 1. The van der Waals surface area contributed by atoms with E-state index >= 15 is 0 Å². The summed E-state index contributed by atoms with van der Waals surface area (Å²) in [7, 11) is 0. The van der Waals surface area contributed by atoms with Crippen LogP contribution in [0.3, 0.4) is 0 Å². The van der Waals surface area contributed by atoms with Gasteiger partial charge in [-0.25, -0.2) is 0 Å². The van der Waals surface area contributed by atoms with E-state index in [-0.39, 0.29) is 36.8 Å². The summed E-state index contributed by atoms with van der Waals surface area (Å²) in [4.78, 5) is 59.9. The predicted octanol–water partition coefficient (Wildman–Crippen LogP) is 5.02. The van der Waals surface area contributed by atoms with E-state index < -0.39 is 47.7 Å². The zero-order valence-electron chi connectivity index (χ0n) is 29.1. The number of carbonyl (C=O) groups excluding carboxylic acids is 4. The number of aliphatic hydroxyl groups excluding tert-OH is 1. The van der Waals surface area contributed by atoms with Gasteiger partial charge in [-0.3, -0.25) is 19.2 Å². The largest absolute Gasteiger partial charge is 0.455 e. The van der Waals surface area contributed by atoms with Gasteiger partial charge < -0.3 is 29.7 Å². The molecule has 10 nitrogen and oxygen atoms in total. The molecule has 3 amide bonds. The summed E-state index contributed by atoms with van der Waals surface area (Å²) in [5.41, 5.74) is -0.386. The SMILES string of the molecule is C=CCCC(=O)N[C@H](C)[C@@H](OC(=O)[C@@H]1[C@H]2C(=O)N(CCCCCCO)[C@H](C(=O)N(CC=C)C3CCCCC3)[C@]23CC[C@H]1O3)c1ccccc1. The lowest BCUT2D eigenvalue weighted by Gasteiger charge is -2.40. The van der Waals surface area contributed by atoms with Crippen molar-refractivity contribution < 1.29 is 33.8 Å². The van der Waals surface area contributed by atoms with Crippen molar-refractivity contribution in [3.63, 3.8) is 0 Å². The van der Waals surface area contributed by atoms with Crippen LogP contribution in [0, 0.1) is 11.8 Å². The number of amides is 3. The molecule has 4 aliphatic rings. The maximum Gasteiger partial charge on any atom is 0.313 e. The highest BCUT2D eigenvalue weighted by Crippen LogP contribution is 2.59. The van der Waals surface area contributed by atoms with Crippen LogP contribution < -0.4 is 5.32 Å². The number of esters is 1. The number of likely N-dealkylation sites (tertiary alicyclic amines) is 1. The molecule has 0 unspecified atom stereocenters. The number of rotatable bonds is 18. The van der Waals surface area contributed by atoms with Crippen molar-refractivity contribution in [2.75, 3.05) is 19.7 Å². The molecule has 1 aromatic rings. The lowest BCUT2D eigenvalue weighted by molar-refractivity contribution is -0.162. The second-order valence-electron chi connectivity index (χ2n) is 14.2. The van der Waals surface area contributed by atoms with E-state index in [4.69, 9.17) is 9.47 Å². The van der Waals surface area contributed by atoms with Crippen LogP contribution in [-0.4, -0.2) is 88.1 Å². The third-order valence-corrected chi connectivity index (χ3v) is 11.0. The number of unbranched alkanes of at least 4 members (excludes halogenated alkanes) is 3. The van der Waals surface area contributed by atoms with E-state index in [1.807, 2.05) is 42.2 Å². The number of nitrogens with zero attached hydrogens (tertiary/aromatic N) is 2. The lowest BCUT2D eigenvalue weighted by atomic mass is 9.70. The first-order chi connectivity index (χ1) is 23.8. The summed E-state index contributed by atoms with van der Waals surface area (Å²) < 4.78 is 13.0. The van der Waals surface area contributed by atoms with Crippen LogP contribution in [-0.2, 0) is 28.7 Å². The Morgan fingerprint density at radius 2 is 1.82 bits per heavy atom. The third kappa shape index (κ3) is 7.80. The van der Waals surface area contributed by atoms with Gasteiger partial charge in [-0.05, 0) is 57.4 Å². The monoisotopic (exact) mass is 677 g/mol. The molecule has 0 aromatic heterocycles. The molecule has 5 rings (SSSR count). The molecule has 49 heavy (non-hydrogen) atoms. The average molecular weight is 678 g/mol. The molecule has 1 aromatic carbocycles. The Labute approximate surface area is 291 Å². The zero-order valence-corrected chi connectivity index (χ0v) is 29.1. The molecule has 3 aliphatic heterocycles. The highest BCUT2D eigenvalue weighted by molar-refractivity contribution is 5.98. The van der Waals surface area contributed by atoms with Crippen molar-refractivity contribution in [2.45, 2.75) is 126 Å². The zero-order chi connectivity index (χ0) is 35.0. The van der Waals surface area contributed by atoms with Gasteiger partial charge in [0.25, 0.3) is 0 Å². The van der Waals surface area contributed by atoms with Gasteiger partial charge in [0.1, 0.15) is 17.7 Å². The fourth-order valence-corrected chi connectivity index (χ4v) is 8.74. The van der Waals surface area contributed by atoms with Crippen LogP contribution in [0.5, 0.6) is 0 Å². The Kier molecular flexibility index (Phi) is 12.7. The van der Waals surface area contributed by atoms with Crippen molar-refractivity contribution in [3.05, 3.63) is 61.2 Å². The minimum absolute atomic E-state index is 0.0744. The van der Waals surface area contributed by atoms with Crippen LogP contribution in [0.1, 0.15) is 102 Å². The number of carbonyl (C=O) groups is 4. The van der Waals surface area contributed by atoms with E-state index in [0.717, 1.165) is 50.5 Å². The van der Waals surface area contributed by atoms with Crippen molar-refractivity contribution in [3.8, 4) is 0 Å². The fourth-order valence-electron chi connectivity index (χ4n) is 8.74. The number of aliphatic hydroxyl groups is 1. The first-order valence-electron chi connectivity index (χ1n) is 18.4. The Bertz CT molecular complexity index is 1330. The van der Waals surface area contributed by atoms with Crippen LogP contribution in [0.25, 0.3) is 0 Å². The van der Waals surface area contributed by atoms with Gasteiger partial charge in [0, 0.05) is 32.2 Å². The fraction of sp³-hybridized carbons (Fsp3) is 0.641. The Morgan fingerprint density at radius 3 is 2.51 bits per heavy atom. The van der Waals surface area contributed by atoms with Gasteiger partial charge in [-0.15, -0.1) is 13.2 Å². The minimum atomic E-state index is -1.12. The molecule has 1 spiro atoms. The first-order valence-corrected chi connectivity index (χ1v) is 18.4. The molecule has 7 atom stereocenters. The Morgan fingerprint density at radius 1 is 1.08 bits per heavy atom. The Hall–Kier alpha value is -3.50. The molecule has 10 heteroatoms. The quantitative estimate of drug-likeness (QED) is 0.127. The second-order valence-corrected chi connectivity index (χ2v) is 14.2. The van der Waals surface area contributed by atoms with E-state index in [1.165, 1.54) is 0 Å². The van der Waals surface area contributed by atoms with E-state index in [1.54, 1.807) is 17.1 Å². The smallest absolute Gasteiger partial charge is 0.313 e. The maximum absolute atomic E-state index is 14.8. The highest BCUT2D eigenvalue weighted by atomic mass is 16.6. The van der Waals surface area contributed by atoms with Crippen molar-refractivity contribution in [1.29, 1.82) is 0 Å². The number of allylic oxidation sites excluding steroid dienone is 1. The molecule has 2 N–H and O–H groups in total. The maximum atomic E-state index is 14.8. The van der Waals surface area contributed by atoms with Gasteiger partial charge >= 0.3 is 5.97 Å². The molecular weight excluding hydrogens is 622 g/mol. The predicted molar refractivity (Wildman–Crippen MR) is 186 cm³/mol. The molecule has 1 saturated carbocycles. The van der Waals surface area contributed by atoms with Gasteiger partial charge in [-0.2, -0.15) is 0 Å². The summed E-state index contributed by atoms with van der Waals surface area (Å²) >= 11 is 0. The van der Waals surface area contributed by atoms with Gasteiger partial charge in [0.2, 0.25) is 17.7 Å². The molecule has 3 heterocycles. The molecule has 3 saturated heterocycles. The van der Waals surface area contributed by atoms with E-state index in [9.17, 15) is 24.3 Å². The molecule has 4 fully saturated rings. The van der Waals surface area contributed by atoms with Crippen LogP contribution in [0.2, 0.25) is 0 Å². The van der Waals surface area contributed by atoms with E-state index in [0.29, 0.717) is 45.2 Å². The molecule has 1 aliphatic carbocycles. The van der Waals surface area contributed by atoms with Crippen LogP contribution in [0.15, 0.2) is 55.6 Å². The van der Waals surface area contributed by atoms with Gasteiger partial charge in [-0.1, -0.05) is 74.6 Å². The Balaban J connectivity index is 1.43. The summed E-state index contributed by atoms with van der Waals surface area (Å²) in [5.74, 6) is -2.77. The van der Waals surface area contributed by atoms with Gasteiger partial charge in [0.05, 0.1) is 24.0 Å². The normalized spacial score (nSPS) is 27.3. The van der Waals surface area contributed by atoms with Crippen LogP contribution >= 0.6 is 0 Å². The van der Waals surface area contributed by atoms with Crippen molar-refractivity contribution in [1.82, 2.24) is 15.1 Å². The number of benzene rings is 1. The first kappa shape index (κ1) is 36.8. The lowest BCUT2D eigenvalue weighted by Crippen LogP contribution is -2.58.